The van der Waals surface area contributed by atoms with Crippen molar-refractivity contribution in [1.29, 1.82) is 0 Å². The topological polar surface area (TPSA) is 66.5 Å². The number of benzene rings is 1. The fraction of sp³-hybridized carbons (Fsp3) is 0.500. The number of hydrogen-bond donors (Lipinski definition) is 1. The quantitative estimate of drug-likeness (QED) is 0.883. The lowest BCUT2D eigenvalue weighted by Gasteiger charge is -2.24. The molecule has 1 amide bonds. The second kappa shape index (κ2) is 6.97. The Morgan fingerprint density at radius 3 is 2.91 bits per heavy atom. The molecule has 1 aliphatic rings. The van der Waals surface area contributed by atoms with Crippen molar-refractivity contribution < 1.29 is 17.6 Å². The molecular weight excluding hydrogens is 327 g/mol. The van der Waals surface area contributed by atoms with Crippen LogP contribution in [0.25, 0.3) is 0 Å². The molecule has 0 saturated carbocycles. The zero-order valence-electron chi connectivity index (χ0n) is 12.5. The van der Waals surface area contributed by atoms with Crippen LogP contribution in [0.4, 0.5) is 4.39 Å². The molecule has 1 saturated heterocycles. The van der Waals surface area contributed by atoms with Crippen LogP contribution >= 0.6 is 11.8 Å². The van der Waals surface area contributed by atoms with Crippen LogP contribution in [0, 0.1) is 5.82 Å². The molecular formula is C14H19FN2O3S2. The Labute approximate surface area is 134 Å². The summed E-state index contributed by atoms with van der Waals surface area (Å²) in [5.41, 5.74) is 0. The normalized spacial score (nSPS) is 20.8. The third-order valence-electron chi connectivity index (χ3n) is 3.55. The maximum Gasteiger partial charge on any atom is 0.244 e. The highest BCUT2D eigenvalue weighted by Crippen LogP contribution is 2.28. The molecule has 1 fully saturated rings. The lowest BCUT2D eigenvalue weighted by Crippen LogP contribution is -2.49. The average molecular weight is 346 g/mol. The second-order valence-electron chi connectivity index (χ2n) is 5.18. The minimum absolute atomic E-state index is 0.0168. The molecule has 1 aliphatic heterocycles. The van der Waals surface area contributed by atoms with Gasteiger partial charge in [-0.2, -0.15) is 4.31 Å². The SMILES string of the molecule is CC[C@@H](C)NC(=O)[C@@H]1CSCN1S(=O)(=O)c1cccc(F)c1. The Balaban J connectivity index is 2.24. The van der Waals surface area contributed by atoms with E-state index in [0.29, 0.717) is 5.75 Å². The number of thioether (sulfide) groups is 1. The first-order valence-corrected chi connectivity index (χ1v) is 9.61. The molecule has 2 atom stereocenters. The van der Waals surface area contributed by atoms with Gasteiger partial charge in [0.15, 0.2) is 0 Å². The predicted molar refractivity (Wildman–Crippen MR) is 84.4 cm³/mol. The monoisotopic (exact) mass is 346 g/mol. The molecule has 2 rings (SSSR count). The third kappa shape index (κ3) is 3.61. The van der Waals surface area contributed by atoms with Crippen LogP contribution in [0.3, 0.4) is 0 Å². The number of sulfonamides is 1. The van der Waals surface area contributed by atoms with Gasteiger partial charge in [-0.15, -0.1) is 11.8 Å². The van der Waals surface area contributed by atoms with Crippen molar-refractivity contribution >= 4 is 27.7 Å². The summed E-state index contributed by atoms with van der Waals surface area (Å²) in [6.07, 6.45) is 0.766. The summed E-state index contributed by atoms with van der Waals surface area (Å²) >= 11 is 1.37. The van der Waals surface area contributed by atoms with Crippen LogP contribution < -0.4 is 5.32 Å². The number of carbonyl (C=O) groups is 1. The maximum atomic E-state index is 13.3. The van der Waals surface area contributed by atoms with Gasteiger partial charge >= 0.3 is 0 Å². The Bertz CT molecular complexity index is 651. The summed E-state index contributed by atoms with van der Waals surface area (Å²) in [6.45, 7) is 3.81. The predicted octanol–water partition coefficient (Wildman–Crippen LogP) is 1.80. The van der Waals surface area contributed by atoms with Gasteiger partial charge in [0.25, 0.3) is 0 Å². The van der Waals surface area contributed by atoms with Crippen LogP contribution in [0.15, 0.2) is 29.2 Å². The number of halogens is 1. The second-order valence-corrected chi connectivity index (χ2v) is 8.07. The molecule has 1 aromatic rings. The van der Waals surface area contributed by atoms with E-state index in [1.54, 1.807) is 0 Å². The lowest BCUT2D eigenvalue weighted by atomic mass is 10.2. The van der Waals surface area contributed by atoms with Gasteiger partial charge in [-0.1, -0.05) is 13.0 Å². The molecule has 1 heterocycles. The van der Waals surface area contributed by atoms with Crippen LogP contribution in [0.2, 0.25) is 0 Å². The van der Waals surface area contributed by atoms with Crippen molar-refractivity contribution in [3.63, 3.8) is 0 Å². The summed E-state index contributed by atoms with van der Waals surface area (Å²) in [5, 5.41) is 2.80. The molecule has 122 valence electrons. The zero-order valence-corrected chi connectivity index (χ0v) is 14.1. The van der Waals surface area contributed by atoms with E-state index in [4.69, 9.17) is 0 Å². The minimum Gasteiger partial charge on any atom is -0.352 e. The van der Waals surface area contributed by atoms with Gasteiger partial charge in [0.2, 0.25) is 15.9 Å². The van der Waals surface area contributed by atoms with E-state index in [2.05, 4.69) is 5.32 Å². The molecule has 1 aromatic carbocycles. The molecule has 22 heavy (non-hydrogen) atoms. The number of nitrogens with one attached hydrogen (secondary N) is 1. The van der Waals surface area contributed by atoms with Crippen molar-refractivity contribution in [1.82, 2.24) is 9.62 Å². The van der Waals surface area contributed by atoms with Crippen molar-refractivity contribution in [2.24, 2.45) is 0 Å². The summed E-state index contributed by atoms with van der Waals surface area (Å²) in [5.74, 6) is -0.332. The molecule has 0 radical (unpaired) electrons. The van der Waals surface area contributed by atoms with E-state index < -0.39 is 21.9 Å². The van der Waals surface area contributed by atoms with Gasteiger partial charge in [-0.05, 0) is 31.5 Å². The van der Waals surface area contributed by atoms with Crippen LogP contribution in [-0.4, -0.2) is 42.3 Å². The van der Waals surface area contributed by atoms with Gasteiger partial charge < -0.3 is 5.32 Å². The first-order chi connectivity index (χ1) is 10.4. The number of carbonyl (C=O) groups excluding carboxylic acids is 1. The maximum absolute atomic E-state index is 13.3. The Morgan fingerprint density at radius 2 is 2.27 bits per heavy atom. The molecule has 5 nitrogen and oxygen atoms in total. The number of nitrogens with zero attached hydrogens (tertiary/aromatic N) is 1. The van der Waals surface area contributed by atoms with Gasteiger partial charge in [0.05, 0.1) is 10.8 Å². The van der Waals surface area contributed by atoms with Crippen LogP contribution in [0.5, 0.6) is 0 Å². The van der Waals surface area contributed by atoms with E-state index in [1.807, 2.05) is 13.8 Å². The molecule has 0 aromatic heterocycles. The standard InChI is InChI=1S/C14H19FN2O3S2/c1-3-10(2)16-14(18)13-8-21-9-17(13)22(19,20)12-6-4-5-11(15)7-12/h4-7,10,13H,3,8-9H2,1-2H3,(H,16,18)/t10-,13+/m1/s1. The van der Waals surface area contributed by atoms with Crippen molar-refractivity contribution in [3.05, 3.63) is 30.1 Å². The van der Waals surface area contributed by atoms with E-state index >= 15 is 0 Å². The van der Waals surface area contributed by atoms with E-state index in [1.165, 1.54) is 30.0 Å². The fourth-order valence-corrected chi connectivity index (χ4v) is 5.26. The molecule has 0 unspecified atom stereocenters. The van der Waals surface area contributed by atoms with Crippen molar-refractivity contribution in [2.75, 3.05) is 11.6 Å². The minimum atomic E-state index is -3.89. The number of hydrogen-bond acceptors (Lipinski definition) is 4. The van der Waals surface area contributed by atoms with Crippen LogP contribution in [0.1, 0.15) is 20.3 Å². The smallest absolute Gasteiger partial charge is 0.244 e. The summed E-state index contributed by atoms with van der Waals surface area (Å²) in [7, 11) is -3.89. The first kappa shape index (κ1) is 17.2. The third-order valence-corrected chi connectivity index (χ3v) is 6.57. The van der Waals surface area contributed by atoms with Gasteiger partial charge in [-0.3, -0.25) is 4.79 Å². The van der Waals surface area contributed by atoms with E-state index in [9.17, 15) is 17.6 Å². The van der Waals surface area contributed by atoms with E-state index in [0.717, 1.165) is 16.8 Å². The Morgan fingerprint density at radius 1 is 1.55 bits per heavy atom. The summed E-state index contributed by atoms with van der Waals surface area (Å²) < 4.78 is 39.7. The molecule has 0 aliphatic carbocycles. The zero-order chi connectivity index (χ0) is 16.3. The Hall–Kier alpha value is -1.12. The Kier molecular flexibility index (Phi) is 5.46. The average Bonchev–Trinajstić information content (AvgIpc) is 2.97. The highest BCUT2D eigenvalue weighted by molar-refractivity contribution is 8.00. The number of rotatable bonds is 5. The van der Waals surface area contributed by atoms with Crippen LogP contribution in [-0.2, 0) is 14.8 Å². The lowest BCUT2D eigenvalue weighted by molar-refractivity contribution is -0.124. The number of amides is 1. The van der Waals surface area contributed by atoms with Crippen molar-refractivity contribution in [3.8, 4) is 0 Å². The molecule has 8 heteroatoms. The van der Waals surface area contributed by atoms with Gasteiger partial charge in [0, 0.05) is 11.8 Å². The largest absolute Gasteiger partial charge is 0.352 e. The van der Waals surface area contributed by atoms with Gasteiger partial charge in [-0.25, -0.2) is 12.8 Å². The fourth-order valence-electron chi connectivity index (χ4n) is 2.07. The summed E-state index contributed by atoms with van der Waals surface area (Å²) in [6, 6.07) is 4.07. The molecule has 0 bridgehead atoms. The molecule has 1 N–H and O–H groups in total. The van der Waals surface area contributed by atoms with E-state index in [-0.39, 0.29) is 22.7 Å². The summed E-state index contributed by atoms with van der Waals surface area (Å²) in [4.78, 5) is 12.1. The first-order valence-electron chi connectivity index (χ1n) is 7.01. The van der Waals surface area contributed by atoms with Crippen molar-refractivity contribution in [2.45, 2.75) is 37.2 Å². The highest BCUT2D eigenvalue weighted by Gasteiger charge is 2.40. The highest BCUT2D eigenvalue weighted by atomic mass is 32.2. The van der Waals surface area contributed by atoms with Gasteiger partial charge in [0.1, 0.15) is 11.9 Å². The molecule has 0 spiro atoms.